The average molecular weight is 490 g/mol. The van der Waals surface area contributed by atoms with Crippen LogP contribution in [0, 0.1) is 0 Å². The predicted octanol–water partition coefficient (Wildman–Crippen LogP) is 3.52. The topological polar surface area (TPSA) is 117 Å². The van der Waals surface area contributed by atoms with Crippen LogP contribution in [-0.4, -0.2) is 60.7 Å². The fourth-order valence-corrected chi connectivity index (χ4v) is 5.28. The van der Waals surface area contributed by atoms with Crippen LogP contribution in [0.25, 0.3) is 10.9 Å². The van der Waals surface area contributed by atoms with Gasteiger partial charge >= 0.3 is 0 Å². The van der Waals surface area contributed by atoms with Crippen LogP contribution in [-0.2, 0) is 14.6 Å². The van der Waals surface area contributed by atoms with Crippen molar-refractivity contribution in [3.05, 3.63) is 79.1 Å². The van der Waals surface area contributed by atoms with E-state index < -0.39 is 9.84 Å². The highest BCUT2D eigenvalue weighted by Gasteiger charge is 2.26. The lowest BCUT2D eigenvalue weighted by Crippen LogP contribution is -2.21. The summed E-state index contributed by atoms with van der Waals surface area (Å²) in [4.78, 5) is 15.4. The Morgan fingerprint density at radius 1 is 1.09 bits per heavy atom. The van der Waals surface area contributed by atoms with Crippen molar-refractivity contribution in [2.75, 3.05) is 25.5 Å². The van der Waals surface area contributed by atoms with E-state index in [0.717, 1.165) is 0 Å². The summed E-state index contributed by atoms with van der Waals surface area (Å²) >= 11 is 0. The Morgan fingerprint density at radius 2 is 1.86 bits per heavy atom. The molecule has 1 aliphatic rings. The van der Waals surface area contributed by atoms with Crippen molar-refractivity contribution in [1.82, 2.24) is 14.9 Å². The van der Waals surface area contributed by atoms with E-state index >= 15 is 0 Å². The predicted molar refractivity (Wildman–Crippen MR) is 133 cm³/mol. The number of amidine groups is 1. The Balaban J connectivity index is 1.53. The molecule has 1 fully saturated rings. The van der Waals surface area contributed by atoms with E-state index in [9.17, 15) is 13.5 Å². The monoisotopic (exact) mass is 489 g/mol. The Morgan fingerprint density at radius 3 is 2.63 bits per heavy atom. The van der Waals surface area contributed by atoms with E-state index in [1.807, 2.05) is 30.1 Å². The maximum Gasteiger partial charge on any atom is 0.292 e. The molecule has 0 amide bonds. The molecule has 2 heterocycles. The molecule has 178 valence electrons. The molecular formula is C25H23N5O4S. The number of rotatable bonds is 6. The minimum absolute atomic E-state index is 0.0890. The van der Waals surface area contributed by atoms with Gasteiger partial charge in [-0.3, -0.25) is 0 Å². The van der Waals surface area contributed by atoms with Gasteiger partial charge in [-0.05, 0) is 42.5 Å². The molecule has 35 heavy (non-hydrogen) atoms. The molecule has 1 saturated heterocycles. The van der Waals surface area contributed by atoms with Gasteiger partial charge in [0.1, 0.15) is 18.2 Å². The molecule has 9 nitrogen and oxygen atoms in total. The lowest BCUT2D eigenvalue weighted by molar-refractivity contribution is 0.132. The van der Waals surface area contributed by atoms with Crippen molar-refractivity contribution in [1.29, 1.82) is 0 Å². The third kappa shape index (κ3) is 4.53. The van der Waals surface area contributed by atoms with Gasteiger partial charge < -0.3 is 20.1 Å². The smallest absolute Gasteiger partial charge is 0.292 e. The summed E-state index contributed by atoms with van der Waals surface area (Å²) in [6.45, 7) is 0.458. The zero-order valence-electron chi connectivity index (χ0n) is 18.9. The molecule has 3 aromatic carbocycles. The fourth-order valence-electron chi connectivity index (χ4n) is 3.85. The second-order valence-electron chi connectivity index (χ2n) is 8.06. The average Bonchev–Trinajstić information content (AvgIpc) is 3.24. The van der Waals surface area contributed by atoms with Crippen LogP contribution in [0.15, 0.2) is 93.9 Å². The van der Waals surface area contributed by atoms with Crippen LogP contribution < -0.4 is 5.32 Å². The Labute approximate surface area is 202 Å². The molecule has 5 rings (SSSR count). The Kier molecular flexibility index (Phi) is 6.06. The third-order valence-electron chi connectivity index (χ3n) is 5.61. The molecule has 0 saturated carbocycles. The maximum atomic E-state index is 13.3. The Hall–Kier alpha value is -4.02. The number of nitrogens with one attached hydrogen (secondary N) is 1. The minimum Gasteiger partial charge on any atom is -0.457 e. The molecule has 0 spiro atoms. The summed E-state index contributed by atoms with van der Waals surface area (Å²) in [5.41, 5.74) is 1.68. The number of ether oxygens (including phenoxy) is 1. The van der Waals surface area contributed by atoms with Gasteiger partial charge in [-0.15, -0.1) is 0 Å². The highest BCUT2D eigenvalue weighted by Crippen LogP contribution is 2.32. The van der Waals surface area contributed by atoms with E-state index in [1.165, 1.54) is 6.33 Å². The molecule has 1 unspecified atom stereocenters. The molecule has 0 radical (unpaired) electrons. The first kappa shape index (κ1) is 22.8. The molecule has 0 aliphatic carbocycles. The van der Waals surface area contributed by atoms with Gasteiger partial charge in [-0.25, -0.2) is 18.4 Å². The van der Waals surface area contributed by atoms with Crippen molar-refractivity contribution in [2.24, 2.45) is 4.99 Å². The first-order valence-corrected chi connectivity index (χ1v) is 12.4. The molecular weight excluding hydrogens is 466 g/mol. The number of fused-ring (bicyclic) bond motifs is 1. The van der Waals surface area contributed by atoms with Crippen molar-refractivity contribution in [2.45, 2.75) is 15.9 Å². The summed E-state index contributed by atoms with van der Waals surface area (Å²) in [7, 11) is -1.91. The second kappa shape index (κ2) is 9.32. The number of hydrogen-bond acceptors (Lipinski definition) is 8. The summed E-state index contributed by atoms with van der Waals surface area (Å²) in [6, 6.07) is 20.9. The van der Waals surface area contributed by atoms with E-state index in [-0.39, 0.29) is 22.5 Å². The molecule has 1 aliphatic heterocycles. The molecule has 4 aromatic rings. The normalized spacial score (nSPS) is 17.0. The molecule has 2 N–H and O–H groups in total. The number of aliphatic hydroxyl groups excluding tert-OH is 1. The number of para-hydroxylation sites is 1. The molecule has 10 heteroatoms. The SMILES string of the molecule is CN1CC(CO)OC1=Nc1ccc2ncnc(Nc3ccccc3S(=O)(=O)c3ccccc3)c2c1. The highest BCUT2D eigenvalue weighted by atomic mass is 32.2. The van der Waals surface area contributed by atoms with Crippen LogP contribution in [0.4, 0.5) is 17.2 Å². The first-order valence-electron chi connectivity index (χ1n) is 10.9. The number of sulfone groups is 1. The second-order valence-corrected chi connectivity index (χ2v) is 9.98. The number of aromatic nitrogens is 2. The Bertz CT molecular complexity index is 1510. The molecule has 1 aromatic heterocycles. The third-order valence-corrected chi connectivity index (χ3v) is 7.43. The van der Waals surface area contributed by atoms with Crippen molar-refractivity contribution in [3.63, 3.8) is 0 Å². The van der Waals surface area contributed by atoms with Gasteiger partial charge in [0, 0.05) is 12.4 Å². The van der Waals surface area contributed by atoms with Crippen LogP contribution in [0.2, 0.25) is 0 Å². The highest BCUT2D eigenvalue weighted by molar-refractivity contribution is 7.91. The number of benzene rings is 3. The van der Waals surface area contributed by atoms with Crippen LogP contribution in [0.1, 0.15) is 0 Å². The lowest BCUT2D eigenvalue weighted by atomic mass is 10.2. The number of nitrogens with zero attached hydrogens (tertiary/aromatic N) is 4. The van der Waals surface area contributed by atoms with Gasteiger partial charge in [0.2, 0.25) is 9.84 Å². The van der Waals surface area contributed by atoms with Crippen LogP contribution in [0.5, 0.6) is 0 Å². The van der Waals surface area contributed by atoms with E-state index in [4.69, 9.17) is 4.74 Å². The van der Waals surface area contributed by atoms with Gasteiger partial charge in [-0.1, -0.05) is 30.3 Å². The summed E-state index contributed by atoms with van der Waals surface area (Å²) in [6.07, 6.45) is 1.10. The van der Waals surface area contributed by atoms with Crippen molar-refractivity contribution in [3.8, 4) is 0 Å². The minimum atomic E-state index is -3.75. The van der Waals surface area contributed by atoms with E-state index in [1.54, 1.807) is 54.6 Å². The van der Waals surface area contributed by atoms with Gasteiger partial charge in [0.25, 0.3) is 6.02 Å². The van der Waals surface area contributed by atoms with Gasteiger partial charge in [-0.2, -0.15) is 4.99 Å². The lowest BCUT2D eigenvalue weighted by Gasteiger charge is -2.14. The number of aliphatic hydroxyl groups is 1. The number of aliphatic imine (C=N–C) groups is 1. The molecule has 1 atom stereocenters. The summed E-state index contributed by atoms with van der Waals surface area (Å²) in [5, 5.41) is 13.2. The summed E-state index contributed by atoms with van der Waals surface area (Å²) in [5.74, 6) is 0.446. The standard InChI is InChI=1S/C25H23N5O4S/c1-30-14-18(15-31)34-25(30)28-17-11-12-21-20(13-17)24(27-16-26-21)29-22-9-5-6-10-23(22)35(32,33)19-7-3-2-4-8-19/h2-13,16,18,31H,14-15H2,1H3,(H,26,27,29). The number of likely N-dealkylation sites (N-methyl/N-ethyl adjacent to an activating group) is 1. The van der Waals surface area contributed by atoms with Crippen LogP contribution in [0.3, 0.4) is 0 Å². The zero-order valence-corrected chi connectivity index (χ0v) is 19.7. The fraction of sp³-hybridized carbons (Fsp3) is 0.160. The number of anilines is 2. The van der Waals surface area contributed by atoms with Gasteiger partial charge in [0.05, 0.1) is 39.8 Å². The van der Waals surface area contributed by atoms with Crippen molar-refractivity contribution >= 4 is 44.0 Å². The molecule has 0 bridgehead atoms. The maximum absolute atomic E-state index is 13.3. The van der Waals surface area contributed by atoms with E-state index in [0.29, 0.717) is 40.7 Å². The van der Waals surface area contributed by atoms with Gasteiger partial charge in [0.15, 0.2) is 0 Å². The number of hydrogen-bond donors (Lipinski definition) is 2. The summed E-state index contributed by atoms with van der Waals surface area (Å²) < 4.78 is 32.3. The van der Waals surface area contributed by atoms with Crippen molar-refractivity contribution < 1.29 is 18.3 Å². The van der Waals surface area contributed by atoms with E-state index in [2.05, 4.69) is 20.3 Å². The van der Waals surface area contributed by atoms with Crippen LogP contribution >= 0.6 is 0 Å². The quantitative estimate of drug-likeness (QED) is 0.423. The largest absolute Gasteiger partial charge is 0.457 e. The zero-order chi connectivity index (χ0) is 24.4. The first-order chi connectivity index (χ1) is 17.0.